The lowest BCUT2D eigenvalue weighted by atomic mass is 10.0. The summed E-state index contributed by atoms with van der Waals surface area (Å²) in [6.07, 6.45) is -0.112. The van der Waals surface area contributed by atoms with E-state index < -0.39 is 0 Å². The van der Waals surface area contributed by atoms with Crippen LogP contribution in [0.25, 0.3) is 0 Å². The molecule has 5 aliphatic rings. The Morgan fingerprint density at radius 1 is 0.250 bits per heavy atom. The molecule has 0 amide bonds. The molecule has 0 spiro atoms. The van der Waals surface area contributed by atoms with Gasteiger partial charge in [-0.05, 0) is 241 Å². The van der Waals surface area contributed by atoms with Crippen molar-refractivity contribution in [3.63, 3.8) is 0 Å². The molecule has 0 aliphatic carbocycles. The van der Waals surface area contributed by atoms with Gasteiger partial charge in [0, 0.05) is 37.9 Å². The first-order chi connectivity index (χ1) is 64.3. The summed E-state index contributed by atoms with van der Waals surface area (Å²) < 4.78 is 12.0. The second-order valence-electron chi connectivity index (χ2n) is 34.2. The molecule has 14 heteroatoms. The van der Waals surface area contributed by atoms with Crippen LogP contribution in [0, 0.1) is 34.6 Å². The molecule has 5 heterocycles. The van der Waals surface area contributed by atoms with Gasteiger partial charge in [-0.2, -0.15) is 0 Å². The van der Waals surface area contributed by atoms with Crippen molar-refractivity contribution in [3.8, 4) is 11.5 Å². The van der Waals surface area contributed by atoms with Gasteiger partial charge in [-0.1, -0.05) is 347 Å². The fourth-order valence-corrected chi connectivity index (χ4v) is 18.4. The highest BCUT2D eigenvalue weighted by atomic mass is 79.9. The average molecular weight is 1820 g/mol. The maximum Gasteiger partial charge on any atom is 0.148 e. The molecule has 5 aliphatic heterocycles. The van der Waals surface area contributed by atoms with Gasteiger partial charge in [0.1, 0.15) is 42.3 Å². The summed E-state index contributed by atoms with van der Waals surface area (Å²) in [6, 6.07) is 140. The van der Waals surface area contributed by atoms with Crippen LogP contribution in [0.15, 0.2) is 430 Å². The zero-order chi connectivity index (χ0) is 91.7. The number of halogens is 2. The topological polar surface area (TPSA) is 96.5 Å². The third-order valence-corrected chi connectivity index (χ3v) is 25.8. The van der Waals surface area contributed by atoms with Crippen molar-refractivity contribution in [2.75, 3.05) is 38.2 Å². The number of benzene rings is 15. The summed E-state index contributed by atoms with van der Waals surface area (Å²) >= 11 is 9.64. The number of para-hydroxylation sites is 1. The van der Waals surface area contributed by atoms with Crippen molar-refractivity contribution in [1.82, 2.24) is 0 Å². The van der Waals surface area contributed by atoms with Crippen molar-refractivity contribution in [2.45, 2.75) is 137 Å². The number of aliphatic imine (C=N–C) groups is 5. The van der Waals surface area contributed by atoms with E-state index in [1.807, 2.05) is 61.5 Å². The first kappa shape index (κ1) is 91.3. The second kappa shape index (κ2) is 42.7. The molecular weight excluding hydrogens is 1700 g/mol. The molecule has 0 aromatic heterocycles. The van der Waals surface area contributed by atoms with Gasteiger partial charge in [0.15, 0.2) is 0 Å². The Morgan fingerprint density at radius 2 is 0.447 bits per heavy atom. The van der Waals surface area contributed by atoms with Gasteiger partial charge in [-0.3, -0.25) is 25.0 Å². The summed E-state index contributed by atoms with van der Waals surface area (Å²) in [5.74, 6) is 1.76. The highest BCUT2D eigenvalue weighted by Crippen LogP contribution is 2.45. The Balaban J connectivity index is 0.000000120. The van der Waals surface area contributed by atoms with Crippen LogP contribution >= 0.6 is 27.5 Å². The molecule has 10 unspecified atom stereocenters. The van der Waals surface area contributed by atoms with Crippen molar-refractivity contribution >= 4 is 84.5 Å². The molecule has 12 nitrogen and oxygen atoms in total. The number of ether oxygens (including phenoxy) is 2. The van der Waals surface area contributed by atoms with Crippen LogP contribution < -0.4 is 34.0 Å². The van der Waals surface area contributed by atoms with E-state index in [9.17, 15) is 0 Å². The smallest absolute Gasteiger partial charge is 0.148 e. The van der Waals surface area contributed by atoms with E-state index >= 15 is 0 Å². The quantitative estimate of drug-likeness (QED) is 0.0844. The number of nitrogens with zero attached hydrogens (tertiary/aromatic N) is 10. The summed E-state index contributed by atoms with van der Waals surface area (Å²) in [6.45, 7) is 24.4. The van der Waals surface area contributed by atoms with E-state index in [4.69, 9.17) is 46.0 Å². The number of hydrogen-bond donors (Lipinski definition) is 0. The molecule has 10 atom stereocenters. The van der Waals surface area contributed by atoms with Crippen molar-refractivity contribution in [1.29, 1.82) is 0 Å². The minimum absolute atomic E-state index is 0.00917. The Labute approximate surface area is 793 Å². The minimum atomic E-state index is -0.0383. The fraction of sp³-hybridized carbons (Fsp3) is 0.195. The van der Waals surface area contributed by atoms with Gasteiger partial charge >= 0.3 is 0 Å². The van der Waals surface area contributed by atoms with E-state index in [1.165, 1.54) is 94.8 Å². The van der Waals surface area contributed by atoms with E-state index in [1.54, 1.807) is 7.11 Å². The summed E-state index contributed by atoms with van der Waals surface area (Å²) in [4.78, 5) is 37.7. The first-order valence-electron chi connectivity index (χ1n) is 45.7. The van der Waals surface area contributed by atoms with Gasteiger partial charge in [0.05, 0.1) is 72.5 Å². The summed E-state index contributed by atoms with van der Waals surface area (Å²) in [5, 5.41) is 0.747. The standard InChI is InChI=1S/C25H26N2O.C24H24N2O.C23H21BrN2.C23H21ClN2.C23H22N2/c1-4-28-23-16-14-22(15-17-23)27-19(3)24(20-12-10-18(2)11-13-20)26-25(27)21-8-6-5-7-9-21;1-17-9-11-19(12-10-17)23-18(2)26(21-13-15-22(27-3)16-14-21)24(25-23)20-7-5-4-6-8-20;2*1-16-8-10-18(11-9-16)22-17(2)26(21-14-12-20(24)13-15-21)23(25-22)19-6-4-3-5-7-19;1-17-13-15-19(16-14-17)22-18(2)25(21-11-7-4-8-12-21)23(24-22)20-9-5-3-6-10-20/h5-17,19,25H,4H2,1-3H3;4-16,18,24H,1-3H3;2*3-15,17,23H,1-2H3;3-16,18,23H,1-2H3. The Bertz CT molecular complexity index is 6260. The van der Waals surface area contributed by atoms with E-state index in [0.717, 1.165) is 66.6 Å². The number of rotatable bonds is 18. The molecule has 0 bridgehead atoms. The van der Waals surface area contributed by atoms with Crippen LogP contribution in [0.5, 0.6) is 11.5 Å². The van der Waals surface area contributed by atoms with Gasteiger partial charge in [0.25, 0.3) is 0 Å². The second-order valence-corrected chi connectivity index (χ2v) is 35.5. The average Bonchev–Trinajstić information content (AvgIpc) is 1.64. The Kier molecular flexibility index (Phi) is 29.6. The fourth-order valence-electron chi connectivity index (χ4n) is 18.0. The molecule has 0 radical (unpaired) electrons. The predicted molar refractivity (Wildman–Crippen MR) is 557 cm³/mol. The Hall–Kier alpha value is -14.0. The van der Waals surface area contributed by atoms with E-state index in [2.05, 4.69) is 455 Å². The number of methoxy groups -OCH3 is 1. The van der Waals surface area contributed by atoms with Crippen molar-refractivity contribution < 1.29 is 9.47 Å². The number of aryl methyl sites for hydroxylation is 5. The zero-order valence-corrected chi connectivity index (χ0v) is 79.5. The summed E-state index contributed by atoms with van der Waals surface area (Å²) in [5.41, 5.74) is 29.8. The number of anilines is 5. The van der Waals surface area contributed by atoms with Gasteiger partial charge < -0.3 is 34.0 Å². The lowest BCUT2D eigenvalue weighted by molar-refractivity contribution is 0.340. The van der Waals surface area contributed by atoms with Crippen LogP contribution in [0.2, 0.25) is 5.02 Å². The minimum Gasteiger partial charge on any atom is -0.497 e. The normalized spacial score (nSPS) is 19.3. The molecular formula is C118H114BrClN10O2. The van der Waals surface area contributed by atoms with Crippen LogP contribution in [-0.2, 0) is 0 Å². The maximum atomic E-state index is 6.10. The molecule has 15 aromatic carbocycles. The maximum absolute atomic E-state index is 6.10. The molecule has 132 heavy (non-hydrogen) atoms. The van der Waals surface area contributed by atoms with E-state index in [0.29, 0.717) is 6.61 Å². The molecule has 0 fully saturated rings. The lowest BCUT2D eigenvalue weighted by Gasteiger charge is -2.30. The number of hydrogen-bond acceptors (Lipinski definition) is 12. The third-order valence-electron chi connectivity index (χ3n) is 25.0. The molecule has 20 rings (SSSR count). The van der Waals surface area contributed by atoms with Crippen LogP contribution in [0.3, 0.4) is 0 Å². The zero-order valence-electron chi connectivity index (χ0n) is 77.1. The molecule has 0 N–H and O–H groups in total. The summed E-state index contributed by atoms with van der Waals surface area (Å²) in [7, 11) is 1.69. The SMILES string of the molecule is CCOc1ccc(N2C(C)C(c3ccc(C)cc3)=NC2c2ccccc2)cc1.COc1ccc(N2C(C)C(c3ccc(C)cc3)=NC2c2ccccc2)cc1.Cc1ccc(C2=NC(c3ccccc3)N(c3ccc(Br)cc3)C2C)cc1.Cc1ccc(C2=NC(c3ccccc3)N(c3ccc(Cl)cc3)C2C)cc1.Cc1ccc(C2=NC(c3ccccc3)N(c3ccccc3)C2C)cc1. The van der Waals surface area contributed by atoms with Crippen LogP contribution in [0.4, 0.5) is 28.4 Å². The van der Waals surface area contributed by atoms with Crippen molar-refractivity contribution in [2.24, 2.45) is 25.0 Å². The van der Waals surface area contributed by atoms with Crippen LogP contribution in [-0.4, -0.2) is 72.5 Å². The van der Waals surface area contributed by atoms with E-state index in [-0.39, 0.29) is 61.0 Å². The Morgan fingerprint density at radius 3 is 0.667 bits per heavy atom. The van der Waals surface area contributed by atoms with Crippen LogP contribution in [0.1, 0.15) is 156 Å². The van der Waals surface area contributed by atoms with Gasteiger partial charge in [-0.25, -0.2) is 0 Å². The molecule has 0 saturated carbocycles. The monoisotopic (exact) mass is 1820 g/mol. The molecule has 0 saturated heterocycles. The lowest BCUT2D eigenvalue weighted by Crippen LogP contribution is -2.35. The molecule has 662 valence electrons. The largest absolute Gasteiger partial charge is 0.497 e. The van der Waals surface area contributed by atoms with Gasteiger partial charge in [0.2, 0.25) is 0 Å². The van der Waals surface area contributed by atoms with Crippen molar-refractivity contribution in [3.05, 3.63) is 493 Å². The van der Waals surface area contributed by atoms with Gasteiger partial charge in [-0.15, -0.1) is 0 Å². The predicted octanol–water partition coefficient (Wildman–Crippen LogP) is 28.8. The third kappa shape index (κ3) is 21.2. The first-order valence-corrected chi connectivity index (χ1v) is 46.9. The molecule has 15 aromatic rings. The highest BCUT2D eigenvalue weighted by molar-refractivity contribution is 9.10. The highest BCUT2D eigenvalue weighted by Gasteiger charge is 2.41.